The lowest BCUT2D eigenvalue weighted by molar-refractivity contribution is 0.671. The lowest BCUT2D eigenvalue weighted by Crippen LogP contribution is -2.19. The van der Waals surface area contributed by atoms with Gasteiger partial charge in [0.2, 0.25) is 0 Å². The minimum absolute atomic E-state index is 0.105. The molecule has 0 aliphatic rings. The van der Waals surface area contributed by atoms with Crippen LogP contribution in [0.2, 0.25) is 0 Å². The lowest BCUT2D eigenvalue weighted by atomic mass is 10.0. The highest BCUT2D eigenvalue weighted by molar-refractivity contribution is 7.85. The zero-order valence-corrected chi connectivity index (χ0v) is 11.8. The minimum atomic E-state index is -0.787. The molecule has 0 aromatic heterocycles. The van der Waals surface area contributed by atoms with E-state index in [1.165, 1.54) is 11.1 Å². The van der Waals surface area contributed by atoms with Gasteiger partial charge in [0, 0.05) is 28.3 Å². The maximum Gasteiger partial charge on any atom is 0.0428 e. The van der Waals surface area contributed by atoms with Gasteiger partial charge in [-0.25, -0.2) is 0 Å². The van der Waals surface area contributed by atoms with E-state index in [4.69, 9.17) is 5.73 Å². The third-order valence-electron chi connectivity index (χ3n) is 3.05. The Labute approximate surface area is 107 Å². The molecule has 0 radical (unpaired) electrons. The van der Waals surface area contributed by atoms with Crippen molar-refractivity contribution in [3.8, 4) is 0 Å². The molecule has 2 atom stereocenters. The molecule has 0 saturated carbocycles. The van der Waals surface area contributed by atoms with Crippen LogP contribution >= 0.6 is 0 Å². The van der Waals surface area contributed by atoms with Gasteiger partial charge < -0.3 is 5.73 Å². The summed E-state index contributed by atoms with van der Waals surface area (Å²) in [6, 6.07) is 6.13. The molecule has 0 saturated heterocycles. The SMILES string of the molecule is CCCCS(=O)CC(N)c1ccc(C)c(C)c1. The highest BCUT2D eigenvalue weighted by Crippen LogP contribution is 2.16. The van der Waals surface area contributed by atoms with Gasteiger partial charge in [-0.15, -0.1) is 0 Å². The molecule has 3 heteroatoms. The number of benzene rings is 1. The summed E-state index contributed by atoms with van der Waals surface area (Å²) in [5.41, 5.74) is 9.71. The molecule has 2 nitrogen and oxygen atoms in total. The van der Waals surface area contributed by atoms with Gasteiger partial charge in [0.05, 0.1) is 0 Å². The van der Waals surface area contributed by atoms with E-state index in [-0.39, 0.29) is 6.04 Å². The van der Waals surface area contributed by atoms with E-state index in [1.807, 2.05) is 6.07 Å². The van der Waals surface area contributed by atoms with Crippen molar-refractivity contribution in [3.63, 3.8) is 0 Å². The molecule has 2 N–H and O–H groups in total. The largest absolute Gasteiger partial charge is 0.323 e. The van der Waals surface area contributed by atoms with Gasteiger partial charge in [0.1, 0.15) is 0 Å². The van der Waals surface area contributed by atoms with Gasteiger partial charge in [0.25, 0.3) is 0 Å². The molecular formula is C14H23NOS. The highest BCUT2D eigenvalue weighted by Gasteiger charge is 2.10. The standard InChI is InChI=1S/C14H23NOS/c1-4-5-8-17(16)10-14(15)13-7-6-11(2)12(3)9-13/h6-7,9,14H,4-5,8,10,15H2,1-3H3. The van der Waals surface area contributed by atoms with Gasteiger partial charge in [-0.2, -0.15) is 0 Å². The summed E-state index contributed by atoms with van der Waals surface area (Å²) in [4.78, 5) is 0. The van der Waals surface area contributed by atoms with Crippen LogP contribution in [0.1, 0.15) is 42.5 Å². The van der Waals surface area contributed by atoms with Crippen LogP contribution in [0.15, 0.2) is 18.2 Å². The Morgan fingerprint density at radius 2 is 2.00 bits per heavy atom. The van der Waals surface area contributed by atoms with E-state index < -0.39 is 10.8 Å². The van der Waals surface area contributed by atoms with Crippen molar-refractivity contribution in [2.75, 3.05) is 11.5 Å². The molecule has 0 spiro atoms. The number of nitrogens with two attached hydrogens (primary N) is 1. The Morgan fingerprint density at radius 3 is 2.59 bits per heavy atom. The predicted octanol–water partition coefficient (Wildman–Crippen LogP) is 2.85. The zero-order valence-electron chi connectivity index (χ0n) is 11.0. The smallest absolute Gasteiger partial charge is 0.0428 e. The van der Waals surface area contributed by atoms with Crippen molar-refractivity contribution in [2.45, 2.75) is 39.7 Å². The number of hydrogen-bond donors (Lipinski definition) is 1. The zero-order chi connectivity index (χ0) is 12.8. The second-order valence-electron chi connectivity index (χ2n) is 4.61. The van der Waals surface area contributed by atoms with E-state index in [0.717, 1.165) is 24.2 Å². The minimum Gasteiger partial charge on any atom is -0.323 e. The molecule has 1 rings (SSSR count). The number of aryl methyl sites for hydroxylation is 2. The third kappa shape index (κ3) is 4.60. The number of rotatable bonds is 6. The Balaban J connectivity index is 2.60. The summed E-state index contributed by atoms with van der Waals surface area (Å²) in [6.45, 7) is 6.28. The first-order chi connectivity index (χ1) is 8.04. The molecule has 0 bridgehead atoms. The van der Waals surface area contributed by atoms with Crippen molar-refractivity contribution in [1.29, 1.82) is 0 Å². The molecule has 0 amide bonds. The van der Waals surface area contributed by atoms with Crippen molar-refractivity contribution >= 4 is 10.8 Å². The van der Waals surface area contributed by atoms with Crippen molar-refractivity contribution in [2.24, 2.45) is 5.73 Å². The van der Waals surface area contributed by atoms with Gasteiger partial charge in [-0.05, 0) is 37.0 Å². The van der Waals surface area contributed by atoms with Gasteiger partial charge in [-0.1, -0.05) is 31.5 Å². The summed E-state index contributed by atoms with van der Waals surface area (Å²) in [5, 5.41) is 0. The Morgan fingerprint density at radius 1 is 1.29 bits per heavy atom. The normalized spacial score (nSPS) is 14.6. The Hall–Kier alpha value is -0.670. The number of unbranched alkanes of at least 4 members (excludes halogenated alkanes) is 1. The maximum atomic E-state index is 11.8. The molecule has 96 valence electrons. The highest BCUT2D eigenvalue weighted by atomic mass is 32.2. The van der Waals surface area contributed by atoms with E-state index in [1.54, 1.807) is 0 Å². The quantitative estimate of drug-likeness (QED) is 0.847. The van der Waals surface area contributed by atoms with Crippen LogP contribution in [0.3, 0.4) is 0 Å². The summed E-state index contributed by atoms with van der Waals surface area (Å²) < 4.78 is 11.8. The summed E-state index contributed by atoms with van der Waals surface area (Å²) in [5.74, 6) is 1.34. The second kappa shape index (κ2) is 6.92. The van der Waals surface area contributed by atoms with Gasteiger partial charge in [0.15, 0.2) is 0 Å². The molecular weight excluding hydrogens is 230 g/mol. The van der Waals surface area contributed by atoms with Crippen LogP contribution in [0.25, 0.3) is 0 Å². The predicted molar refractivity (Wildman–Crippen MR) is 75.6 cm³/mol. The van der Waals surface area contributed by atoms with Crippen LogP contribution in [0, 0.1) is 13.8 Å². The molecule has 1 aromatic rings. The van der Waals surface area contributed by atoms with Crippen molar-refractivity contribution in [1.82, 2.24) is 0 Å². The molecule has 1 aromatic carbocycles. The molecule has 0 fully saturated rings. The fourth-order valence-corrected chi connectivity index (χ4v) is 3.05. The van der Waals surface area contributed by atoms with E-state index in [2.05, 4.69) is 32.9 Å². The van der Waals surface area contributed by atoms with Gasteiger partial charge >= 0.3 is 0 Å². The van der Waals surface area contributed by atoms with E-state index in [9.17, 15) is 4.21 Å². The Bertz CT molecular complexity index is 390. The summed E-state index contributed by atoms with van der Waals surface area (Å²) in [7, 11) is -0.787. The Kier molecular flexibility index (Phi) is 5.86. The number of hydrogen-bond acceptors (Lipinski definition) is 2. The first kappa shape index (κ1) is 14.4. The first-order valence-electron chi connectivity index (χ1n) is 6.22. The molecule has 2 unspecified atom stereocenters. The van der Waals surface area contributed by atoms with E-state index >= 15 is 0 Å². The molecule has 0 heterocycles. The first-order valence-corrected chi connectivity index (χ1v) is 7.71. The van der Waals surface area contributed by atoms with Crippen LogP contribution in [-0.2, 0) is 10.8 Å². The molecule has 0 aliphatic heterocycles. The average molecular weight is 253 g/mol. The summed E-state index contributed by atoms with van der Waals surface area (Å²) >= 11 is 0. The topological polar surface area (TPSA) is 43.1 Å². The fourth-order valence-electron chi connectivity index (χ4n) is 1.68. The second-order valence-corrected chi connectivity index (χ2v) is 6.24. The monoisotopic (exact) mass is 253 g/mol. The van der Waals surface area contributed by atoms with E-state index in [0.29, 0.717) is 5.75 Å². The third-order valence-corrected chi connectivity index (χ3v) is 4.53. The average Bonchev–Trinajstić information content (AvgIpc) is 2.30. The fraction of sp³-hybridized carbons (Fsp3) is 0.571. The van der Waals surface area contributed by atoms with Crippen molar-refractivity contribution < 1.29 is 4.21 Å². The molecule has 17 heavy (non-hydrogen) atoms. The summed E-state index contributed by atoms with van der Waals surface area (Å²) in [6.07, 6.45) is 2.11. The van der Waals surface area contributed by atoms with Crippen LogP contribution in [0.5, 0.6) is 0 Å². The van der Waals surface area contributed by atoms with Crippen molar-refractivity contribution in [3.05, 3.63) is 34.9 Å². The van der Waals surface area contributed by atoms with Gasteiger partial charge in [-0.3, -0.25) is 4.21 Å². The van der Waals surface area contributed by atoms with Crippen LogP contribution in [0.4, 0.5) is 0 Å². The maximum absolute atomic E-state index is 11.8. The lowest BCUT2D eigenvalue weighted by Gasteiger charge is -2.13. The molecule has 0 aliphatic carbocycles. The van der Waals surface area contributed by atoms with Crippen LogP contribution < -0.4 is 5.73 Å². The van der Waals surface area contributed by atoms with Crippen LogP contribution in [-0.4, -0.2) is 15.7 Å².